The summed E-state index contributed by atoms with van der Waals surface area (Å²) in [6.07, 6.45) is 2.47. The quantitative estimate of drug-likeness (QED) is 0.847. The first-order chi connectivity index (χ1) is 8.16. The summed E-state index contributed by atoms with van der Waals surface area (Å²) in [7, 11) is 0. The Hall–Kier alpha value is -1.51. The molecule has 1 atom stereocenters. The standard InChI is InChI=1S/C14H19NO2/c1-10-5-3-4-6-13(10)17-9-14(16)15-11(2)12-7-8-12/h3-6,11-12H,7-9H2,1-2H3,(H,15,16). The molecule has 92 valence electrons. The first-order valence-corrected chi connectivity index (χ1v) is 6.14. The van der Waals surface area contributed by atoms with Gasteiger partial charge < -0.3 is 10.1 Å². The Bertz CT molecular complexity index is 399. The minimum Gasteiger partial charge on any atom is -0.484 e. The van der Waals surface area contributed by atoms with Crippen molar-refractivity contribution in [1.82, 2.24) is 5.32 Å². The second-order valence-corrected chi connectivity index (χ2v) is 4.75. The van der Waals surface area contributed by atoms with Crippen LogP contribution in [0.1, 0.15) is 25.3 Å². The lowest BCUT2D eigenvalue weighted by Crippen LogP contribution is -2.37. The number of para-hydroxylation sites is 1. The lowest BCUT2D eigenvalue weighted by Gasteiger charge is -2.13. The first-order valence-electron chi connectivity index (χ1n) is 6.14. The molecule has 0 heterocycles. The fraction of sp³-hybridized carbons (Fsp3) is 0.500. The molecule has 2 rings (SSSR count). The molecule has 3 nitrogen and oxygen atoms in total. The van der Waals surface area contributed by atoms with Gasteiger partial charge in [-0.3, -0.25) is 4.79 Å². The van der Waals surface area contributed by atoms with Crippen LogP contribution in [0.25, 0.3) is 0 Å². The molecular formula is C14H19NO2. The summed E-state index contributed by atoms with van der Waals surface area (Å²) in [5.41, 5.74) is 1.05. The van der Waals surface area contributed by atoms with Gasteiger partial charge in [0.25, 0.3) is 5.91 Å². The number of ether oxygens (including phenoxy) is 1. The summed E-state index contributed by atoms with van der Waals surface area (Å²) in [5.74, 6) is 1.42. The van der Waals surface area contributed by atoms with Crippen LogP contribution in [0.15, 0.2) is 24.3 Å². The molecule has 1 amide bonds. The van der Waals surface area contributed by atoms with E-state index in [1.165, 1.54) is 12.8 Å². The average molecular weight is 233 g/mol. The highest BCUT2D eigenvalue weighted by molar-refractivity contribution is 5.77. The predicted molar refractivity (Wildman–Crippen MR) is 67.0 cm³/mol. The third-order valence-corrected chi connectivity index (χ3v) is 3.17. The van der Waals surface area contributed by atoms with Crippen LogP contribution in [0.2, 0.25) is 0 Å². The number of hydrogen-bond donors (Lipinski definition) is 1. The number of carbonyl (C=O) groups excluding carboxylic acids is 1. The van der Waals surface area contributed by atoms with Crippen molar-refractivity contribution in [2.24, 2.45) is 5.92 Å². The van der Waals surface area contributed by atoms with Gasteiger partial charge in [0.2, 0.25) is 0 Å². The van der Waals surface area contributed by atoms with E-state index in [-0.39, 0.29) is 18.6 Å². The Morgan fingerprint density at radius 1 is 1.47 bits per heavy atom. The van der Waals surface area contributed by atoms with Gasteiger partial charge in [-0.05, 0) is 44.2 Å². The first kappa shape index (κ1) is 12.0. The normalized spacial score (nSPS) is 16.4. The molecule has 3 heteroatoms. The lowest BCUT2D eigenvalue weighted by molar-refractivity contribution is -0.123. The number of rotatable bonds is 5. The number of benzene rings is 1. The summed E-state index contributed by atoms with van der Waals surface area (Å²) >= 11 is 0. The summed E-state index contributed by atoms with van der Waals surface area (Å²) in [6, 6.07) is 8.00. The van der Waals surface area contributed by atoms with E-state index in [2.05, 4.69) is 12.2 Å². The molecule has 1 aliphatic carbocycles. The maximum Gasteiger partial charge on any atom is 0.258 e. The Kier molecular flexibility index (Phi) is 3.67. The minimum absolute atomic E-state index is 0.0346. The van der Waals surface area contributed by atoms with E-state index < -0.39 is 0 Å². The second kappa shape index (κ2) is 5.21. The van der Waals surface area contributed by atoms with Crippen LogP contribution in [0.3, 0.4) is 0 Å². The number of carbonyl (C=O) groups is 1. The highest BCUT2D eigenvalue weighted by Crippen LogP contribution is 2.32. The van der Waals surface area contributed by atoms with Crippen molar-refractivity contribution in [2.75, 3.05) is 6.61 Å². The van der Waals surface area contributed by atoms with Crippen molar-refractivity contribution in [3.05, 3.63) is 29.8 Å². The third kappa shape index (κ3) is 3.48. The largest absolute Gasteiger partial charge is 0.484 e. The topological polar surface area (TPSA) is 38.3 Å². The number of amides is 1. The molecule has 0 radical (unpaired) electrons. The van der Waals surface area contributed by atoms with Crippen molar-refractivity contribution in [2.45, 2.75) is 32.7 Å². The molecule has 0 aliphatic heterocycles. The van der Waals surface area contributed by atoms with E-state index in [9.17, 15) is 4.79 Å². The smallest absolute Gasteiger partial charge is 0.258 e. The highest BCUT2D eigenvalue weighted by Gasteiger charge is 2.28. The predicted octanol–water partition coefficient (Wildman–Crippen LogP) is 2.29. The summed E-state index contributed by atoms with van der Waals surface area (Å²) in [6.45, 7) is 4.13. The summed E-state index contributed by atoms with van der Waals surface area (Å²) in [4.78, 5) is 11.6. The van der Waals surface area contributed by atoms with Gasteiger partial charge in [-0.15, -0.1) is 0 Å². The van der Waals surface area contributed by atoms with E-state index in [1.54, 1.807) is 0 Å². The van der Waals surface area contributed by atoms with E-state index in [0.717, 1.165) is 11.3 Å². The molecule has 1 saturated carbocycles. The van der Waals surface area contributed by atoms with Crippen LogP contribution in [0, 0.1) is 12.8 Å². The fourth-order valence-corrected chi connectivity index (χ4v) is 1.87. The minimum atomic E-state index is -0.0346. The van der Waals surface area contributed by atoms with Gasteiger partial charge in [-0.25, -0.2) is 0 Å². The van der Waals surface area contributed by atoms with Crippen molar-refractivity contribution >= 4 is 5.91 Å². The van der Waals surface area contributed by atoms with E-state index in [1.807, 2.05) is 31.2 Å². The van der Waals surface area contributed by atoms with Gasteiger partial charge in [0.15, 0.2) is 6.61 Å². The number of aryl methyl sites for hydroxylation is 1. The Labute approximate surface area is 102 Å². The van der Waals surface area contributed by atoms with Crippen LogP contribution in [-0.2, 0) is 4.79 Å². The second-order valence-electron chi connectivity index (χ2n) is 4.75. The lowest BCUT2D eigenvalue weighted by atomic mass is 10.2. The molecule has 1 aliphatic rings. The zero-order valence-electron chi connectivity index (χ0n) is 10.4. The van der Waals surface area contributed by atoms with Crippen LogP contribution < -0.4 is 10.1 Å². The molecule has 17 heavy (non-hydrogen) atoms. The Balaban J connectivity index is 1.77. The van der Waals surface area contributed by atoms with Gasteiger partial charge in [0, 0.05) is 6.04 Å². The Morgan fingerprint density at radius 3 is 2.82 bits per heavy atom. The number of nitrogens with one attached hydrogen (secondary N) is 1. The van der Waals surface area contributed by atoms with Crippen LogP contribution in [0.5, 0.6) is 5.75 Å². The molecule has 1 aromatic rings. The molecule has 0 saturated heterocycles. The van der Waals surface area contributed by atoms with Crippen LogP contribution in [-0.4, -0.2) is 18.6 Å². The van der Waals surface area contributed by atoms with E-state index >= 15 is 0 Å². The van der Waals surface area contributed by atoms with Gasteiger partial charge >= 0.3 is 0 Å². The number of hydrogen-bond acceptors (Lipinski definition) is 2. The molecule has 1 fully saturated rings. The van der Waals surface area contributed by atoms with E-state index in [0.29, 0.717) is 5.92 Å². The zero-order valence-corrected chi connectivity index (χ0v) is 10.4. The van der Waals surface area contributed by atoms with Gasteiger partial charge in [0.05, 0.1) is 0 Å². The monoisotopic (exact) mass is 233 g/mol. The summed E-state index contributed by atoms with van der Waals surface area (Å²) in [5, 5.41) is 2.97. The van der Waals surface area contributed by atoms with Crippen molar-refractivity contribution in [3.63, 3.8) is 0 Å². The molecule has 1 unspecified atom stereocenters. The van der Waals surface area contributed by atoms with E-state index in [4.69, 9.17) is 4.74 Å². The molecular weight excluding hydrogens is 214 g/mol. The highest BCUT2D eigenvalue weighted by atomic mass is 16.5. The SMILES string of the molecule is Cc1ccccc1OCC(=O)NC(C)C1CC1. The van der Waals surface area contributed by atoms with Crippen molar-refractivity contribution in [3.8, 4) is 5.75 Å². The molecule has 0 aromatic heterocycles. The van der Waals surface area contributed by atoms with Gasteiger partial charge in [-0.1, -0.05) is 18.2 Å². The van der Waals surface area contributed by atoms with Crippen LogP contribution in [0.4, 0.5) is 0 Å². The maximum absolute atomic E-state index is 11.6. The van der Waals surface area contributed by atoms with Gasteiger partial charge in [-0.2, -0.15) is 0 Å². The molecule has 1 aromatic carbocycles. The van der Waals surface area contributed by atoms with Crippen LogP contribution >= 0.6 is 0 Å². The van der Waals surface area contributed by atoms with Crippen molar-refractivity contribution < 1.29 is 9.53 Å². The maximum atomic E-state index is 11.6. The molecule has 1 N–H and O–H groups in total. The van der Waals surface area contributed by atoms with Crippen molar-refractivity contribution in [1.29, 1.82) is 0 Å². The summed E-state index contributed by atoms with van der Waals surface area (Å²) < 4.78 is 5.49. The molecule has 0 spiro atoms. The third-order valence-electron chi connectivity index (χ3n) is 3.17. The fourth-order valence-electron chi connectivity index (χ4n) is 1.87. The average Bonchev–Trinajstić information content (AvgIpc) is 3.11. The Morgan fingerprint density at radius 2 is 2.18 bits per heavy atom. The van der Waals surface area contributed by atoms with Gasteiger partial charge in [0.1, 0.15) is 5.75 Å². The zero-order chi connectivity index (χ0) is 12.3. The molecule has 0 bridgehead atoms.